The van der Waals surface area contributed by atoms with Gasteiger partial charge in [0.25, 0.3) is 5.91 Å². The topological polar surface area (TPSA) is 99.2 Å². The number of aromatic nitrogens is 4. The van der Waals surface area contributed by atoms with E-state index in [1.807, 2.05) is 55.5 Å². The molecule has 35 heavy (non-hydrogen) atoms. The standard InChI is InChI=1S/C26H28N8O/c1-18-9-10-19(25(35)30-20-7-4-3-5-8-20)15-21(18)31-24-23-22(28-17-29-24)16-27-26(32-23)34-12-6-11-33(2)13-14-34/h3-5,7-10,15-17H,6,11-14H2,1-2H3,(H,30,35)(H,28,29,31). The average molecular weight is 469 g/mol. The van der Waals surface area contributed by atoms with Gasteiger partial charge in [-0.25, -0.2) is 19.9 Å². The predicted molar refractivity (Wildman–Crippen MR) is 138 cm³/mol. The number of fused-ring (bicyclic) bond motifs is 1. The molecule has 0 bridgehead atoms. The van der Waals surface area contributed by atoms with Gasteiger partial charge in [0.1, 0.15) is 17.4 Å². The first-order chi connectivity index (χ1) is 17.1. The molecule has 0 unspecified atom stereocenters. The highest BCUT2D eigenvalue weighted by Crippen LogP contribution is 2.26. The molecule has 0 atom stereocenters. The molecule has 178 valence electrons. The average Bonchev–Trinajstić information content (AvgIpc) is 3.10. The lowest BCUT2D eigenvalue weighted by atomic mass is 10.1. The minimum absolute atomic E-state index is 0.178. The quantitative estimate of drug-likeness (QED) is 0.456. The Kier molecular flexibility index (Phi) is 6.49. The number of para-hydroxylation sites is 1. The highest BCUT2D eigenvalue weighted by atomic mass is 16.1. The number of benzene rings is 2. The van der Waals surface area contributed by atoms with E-state index in [1.54, 1.807) is 6.20 Å². The summed E-state index contributed by atoms with van der Waals surface area (Å²) in [6, 6.07) is 15.0. The largest absolute Gasteiger partial charge is 0.339 e. The van der Waals surface area contributed by atoms with Crippen LogP contribution in [-0.4, -0.2) is 64.0 Å². The van der Waals surface area contributed by atoms with E-state index in [9.17, 15) is 4.79 Å². The van der Waals surface area contributed by atoms with Crippen LogP contribution in [0.2, 0.25) is 0 Å². The summed E-state index contributed by atoms with van der Waals surface area (Å²) in [6.07, 6.45) is 4.30. The maximum absolute atomic E-state index is 12.8. The molecular formula is C26H28N8O. The Morgan fingerprint density at radius 2 is 1.83 bits per heavy atom. The van der Waals surface area contributed by atoms with E-state index in [1.165, 1.54) is 6.33 Å². The molecular weight excluding hydrogens is 440 g/mol. The minimum Gasteiger partial charge on any atom is -0.339 e. The van der Waals surface area contributed by atoms with E-state index in [0.29, 0.717) is 28.4 Å². The molecule has 0 saturated carbocycles. The number of hydrogen-bond donors (Lipinski definition) is 2. The second-order valence-electron chi connectivity index (χ2n) is 8.74. The van der Waals surface area contributed by atoms with Crippen molar-refractivity contribution in [3.63, 3.8) is 0 Å². The second kappa shape index (κ2) is 10.0. The number of nitrogens with one attached hydrogen (secondary N) is 2. The van der Waals surface area contributed by atoms with Gasteiger partial charge in [0.2, 0.25) is 5.95 Å². The van der Waals surface area contributed by atoms with Gasteiger partial charge in [0.05, 0.1) is 6.20 Å². The monoisotopic (exact) mass is 468 g/mol. The fraction of sp³-hybridized carbons (Fsp3) is 0.269. The molecule has 1 fully saturated rings. The highest BCUT2D eigenvalue weighted by Gasteiger charge is 2.17. The van der Waals surface area contributed by atoms with Crippen LogP contribution in [0.15, 0.2) is 61.1 Å². The van der Waals surface area contributed by atoms with Crippen molar-refractivity contribution in [3.8, 4) is 0 Å². The smallest absolute Gasteiger partial charge is 0.255 e. The predicted octanol–water partition coefficient (Wildman–Crippen LogP) is 3.87. The molecule has 9 nitrogen and oxygen atoms in total. The van der Waals surface area contributed by atoms with Gasteiger partial charge < -0.3 is 20.4 Å². The van der Waals surface area contributed by atoms with Crippen molar-refractivity contribution in [2.24, 2.45) is 0 Å². The molecule has 2 N–H and O–H groups in total. The van der Waals surface area contributed by atoms with E-state index in [4.69, 9.17) is 4.98 Å². The number of rotatable bonds is 5. The van der Waals surface area contributed by atoms with Crippen molar-refractivity contribution >= 4 is 40.1 Å². The zero-order chi connectivity index (χ0) is 24.2. The lowest BCUT2D eigenvalue weighted by Gasteiger charge is -2.20. The fourth-order valence-electron chi connectivity index (χ4n) is 4.09. The fourth-order valence-corrected chi connectivity index (χ4v) is 4.09. The number of likely N-dealkylation sites (N-methyl/N-ethyl adjacent to an activating group) is 1. The Morgan fingerprint density at radius 3 is 2.69 bits per heavy atom. The summed E-state index contributed by atoms with van der Waals surface area (Å²) >= 11 is 0. The Bertz CT molecular complexity index is 1340. The molecule has 1 aliphatic heterocycles. The Morgan fingerprint density at radius 1 is 0.971 bits per heavy atom. The van der Waals surface area contributed by atoms with Gasteiger partial charge in [-0.15, -0.1) is 0 Å². The van der Waals surface area contributed by atoms with Crippen LogP contribution in [0.25, 0.3) is 11.0 Å². The number of amides is 1. The zero-order valence-electron chi connectivity index (χ0n) is 19.9. The molecule has 0 radical (unpaired) electrons. The van der Waals surface area contributed by atoms with Gasteiger partial charge in [-0.05, 0) is 56.8 Å². The van der Waals surface area contributed by atoms with Gasteiger partial charge >= 0.3 is 0 Å². The van der Waals surface area contributed by atoms with E-state index in [2.05, 4.69) is 42.4 Å². The first kappa shape index (κ1) is 22.7. The van der Waals surface area contributed by atoms with Crippen LogP contribution in [0.4, 0.5) is 23.1 Å². The van der Waals surface area contributed by atoms with Crippen LogP contribution in [0, 0.1) is 6.92 Å². The molecule has 0 spiro atoms. The molecule has 9 heteroatoms. The Labute approximate surface area is 204 Å². The van der Waals surface area contributed by atoms with Crippen molar-refractivity contribution in [3.05, 3.63) is 72.2 Å². The van der Waals surface area contributed by atoms with Crippen molar-refractivity contribution in [1.82, 2.24) is 24.8 Å². The van der Waals surface area contributed by atoms with Crippen LogP contribution in [-0.2, 0) is 0 Å². The van der Waals surface area contributed by atoms with Crippen molar-refractivity contribution in [2.75, 3.05) is 48.8 Å². The highest BCUT2D eigenvalue weighted by molar-refractivity contribution is 6.05. The minimum atomic E-state index is -0.178. The maximum Gasteiger partial charge on any atom is 0.255 e. The van der Waals surface area contributed by atoms with Crippen molar-refractivity contribution in [1.29, 1.82) is 0 Å². The summed E-state index contributed by atoms with van der Waals surface area (Å²) in [6.45, 7) is 5.79. The van der Waals surface area contributed by atoms with Crippen LogP contribution in [0.1, 0.15) is 22.3 Å². The van der Waals surface area contributed by atoms with Gasteiger partial charge in [0.15, 0.2) is 5.82 Å². The van der Waals surface area contributed by atoms with Crippen LogP contribution in [0.5, 0.6) is 0 Å². The van der Waals surface area contributed by atoms with Gasteiger partial charge in [-0.2, -0.15) is 0 Å². The number of nitrogens with zero attached hydrogens (tertiary/aromatic N) is 6. The number of carbonyl (C=O) groups is 1. The van der Waals surface area contributed by atoms with Crippen LogP contribution < -0.4 is 15.5 Å². The van der Waals surface area contributed by atoms with E-state index < -0.39 is 0 Å². The van der Waals surface area contributed by atoms with E-state index >= 15 is 0 Å². The molecule has 5 rings (SSSR count). The number of anilines is 4. The third kappa shape index (κ3) is 5.20. The normalized spacial score (nSPS) is 14.5. The van der Waals surface area contributed by atoms with E-state index in [0.717, 1.165) is 49.5 Å². The Hall–Kier alpha value is -4.11. The lowest BCUT2D eigenvalue weighted by molar-refractivity contribution is 0.102. The second-order valence-corrected chi connectivity index (χ2v) is 8.74. The van der Waals surface area contributed by atoms with Crippen LogP contribution >= 0.6 is 0 Å². The molecule has 4 aromatic rings. The molecule has 1 amide bonds. The summed E-state index contributed by atoms with van der Waals surface area (Å²) in [5, 5.41) is 6.30. The zero-order valence-corrected chi connectivity index (χ0v) is 19.9. The summed E-state index contributed by atoms with van der Waals surface area (Å²) in [5.41, 5.74) is 4.37. The van der Waals surface area contributed by atoms with Gasteiger partial charge in [-0.1, -0.05) is 24.3 Å². The summed E-state index contributed by atoms with van der Waals surface area (Å²) < 4.78 is 0. The van der Waals surface area contributed by atoms with E-state index in [-0.39, 0.29) is 5.91 Å². The summed E-state index contributed by atoms with van der Waals surface area (Å²) in [5.74, 6) is 1.08. The van der Waals surface area contributed by atoms with Gasteiger partial charge in [-0.3, -0.25) is 4.79 Å². The van der Waals surface area contributed by atoms with Crippen molar-refractivity contribution in [2.45, 2.75) is 13.3 Å². The third-order valence-electron chi connectivity index (χ3n) is 6.15. The summed E-state index contributed by atoms with van der Waals surface area (Å²) in [7, 11) is 2.14. The molecule has 2 aromatic heterocycles. The molecule has 1 saturated heterocycles. The number of carbonyl (C=O) groups excluding carboxylic acids is 1. The van der Waals surface area contributed by atoms with Gasteiger partial charge in [0, 0.05) is 36.6 Å². The Balaban J connectivity index is 1.42. The first-order valence-electron chi connectivity index (χ1n) is 11.7. The number of hydrogen-bond acceptors (Lipinski definition) is 8. The molecule has 1 aliphatic rings. The molecule has 3 heterocycles. The molecule has 0 aliphatic carbocycles. The maximum atomic E-state index is 12.8. The molecule has 2 aromatic carbocycles. The number of aryl methyl sites for hydroxylation is 1. The van der Waals surface area contributed by atoms with Crippen LogP contribution in [0.3, 0.4) is 0 Å². The first-order valence-corrected chi connectivity index (χ1v) is 11.7. The summed E-state index contributed by atoms with van der Waals surface area (Å²) in [4.78, 5) is 35.6. The SMILES string of the molecule is Cc1ccc(C(=O)Nc2ccccc2)cc1Nc1ncnc2cnc(N3CCCN(C)CC3)nc12. The third-order valence-corrected chi connectivity index (χ3v) is 6.15. The lowest BCUT2D eigenvalue weighted by Crippen LogP contribution is -2.30. The van der Waals surface area contributed by atoms with Crippen molar-refractivity contribution < 1.29 is 4.79 Å².